The zero-order valence-corrected chi connectivity index (χ0v) is 12.7. The summed E-state index contributed by atoms with van der Waals surface area (Å²) in [5.41, 5.74) is -2.10. The maximum Gasteiger partial charge on any atom is 0.295 e. The monoisotopic (exact) mass is 358 g/mol. The lowest BCUT2D eigenvalue weighted by molar-refractivity contribution is 0.135. The van der Waals surface area contributed by atoms with E-state index in [1.54, 1.807) is 0 Å². The van der Waals surface area contributed by atoms with Crippen LogP contribution in [0.15, 0.2) is 23.0 Å². The van der Waals surface area contributed by atoms with Crippen LogP contribution in [0.3, 0.4) is 0 Å². The molecule has 3 rings (SSSR count). The first kappa shape index (κ1) is 16.3. The van der Waals surface area contributed by atoms with Gasteiger partial charge in [-0.2, -0.15) is 0 Å². The first-order valence-corrected chi connectivity index (χ1v) is 6.85. The van der Waals surface area contributed by atoms with Crippen LogP contribution in [0.4, 0.5) is 17.6 Å². The molecule has 0 N–H and O–H groups in total. The van der Waals surface area contributed by atoms with Gasteiger partial charge < -0.3 is 0 Å². The Balaban J connectivity index is 2.46. The van der Waals surface area contributed by atoms with Gasteiger partial charge in [-0.1, -0.05) is 0 Å². The highest BCUT2D eigenvalue weighted by atomic mass is 35.5. The van der Waals surface area contributed by atoms with Crippen LogP contribution in [0.25, 0.3) is 22.3 Å². The molecular weight excluding hydrogens is 352 g/mol. The summed E-state index contributed by atoms with van der Waals surface area (Å²) in [7, 11) is 1.10. The summed E-state index contributed by atoms with van der Waals surface area (Å²) in [5, 5.41) is -0.398. The molecule has 0 fully saturated rings. The minimum absolute atomic E-state index is 0.244. The zero-order valence-electron chi connectivity index (χ0n) is 11.9. The quantitative estimate of drug-likeness (QED) is 0.521. The van der Waals surface area contributed by atoms with Gasteiger partial charge in [-0.15, -0.1) is 0 Å². The molecule has 0 saturated heterocycles. The van der Waals surface area contributed by atoms with Crippen LogP contribution >= 0.6 is 11.6 Å². The van der Waals surface area contributed by atoms with Gasteiger partial charge in [-0.3, -0.25) is 9.36 Å². The fraction of sp³-hybridized carbons (Fsp3) is 0.143. The molecule has 0 aliphatic rings. The molecule has 5 nitrogen and oxygen atoms in total. The third-order valence-corrected chi connectivity index (χ3v) is 3.48. The topological polar surface area (TPSA) is 60.7 Å². The number of hydrogen-bond acceptors (Lipinski definition) is 4. The van der Waals surface area contributed by atoms with Crippen molar-refractivity contribution in [3.8, 4) is 11.3 Å². The molecule has 10 heteroatoms. The number of nitrogens with zero attached hydrogens (tertiary/aromatic N) is 4. The van der Waals surface area contributed by atoms with Crippen LogP contribution in [0.5, 0.6) is 0 Å². The van der Waals surface area contributed by atoms with Crippen molar-refractivity contribution in [2.24, 2.45) is 7.05 Å². The van der Waals surface area contributed by atoms with E-state index >= 15 is 0 Å². The van der Waals surface area contributed by atoms with Crippen molar-refractivity contribution in [1.29, 1.82) is 0 Å². The summed E-state index contributed by atoms with van der Waals surface area (Å²) in [6.45, 7) is 0. The zero-order chi connectivity index (χ0) is 17.6. The molecule has 0 amide bonds. The fourth-order valence-corrected chi connectivity index (χ4v) is 2.37. The lowest BCUT2D eigenvalue weighted by Crippen LogP contribution is -2.24. The van der Waals surface area contributed by atoms with Crippen LogP contribution in [-0.2, 0) is 7.05 Å². The molecular formula is C14H7ClF4N4O. The number of halogens is 5. The molecule has 2 heterocycles. The van der Waals surface area contributed by atoms with Crippen molar-refractivity contribution in [2.75, 3.05) is 0 Å². The number of fused-ring (bicyclic) bond motifs is 1. The molecule has 0 unspecified atom stereocenters. The fourth-order valence-electron chi connectivity index (χ4n) is 2.20. The summed E-state index contributed by atoms with van der Waals surface area (Å²) >= 11 is 5.74. The summed E-state index contributed by atoms with van der Waals surface area (Å²) in [4.78, 5) is 23.4. The van der Waals surface area contributed by atoms with Crippen molar-refractivity contribution in [3.63, 3.8) is 0 Å². The Hall–Kier alpha value is -2.55. The van der Waals surface area contributed by atoms with Gasteiger partial charge in [-0.25, -0.2) is 32.5 Å². The molecule has 0 aliphatic heterocycles. The third kappa shape index (κ3) is 2.60. The van der Waals surface area contributed by atoms with E-state index in [-0.39, 0.29) is 22.3 Å². The number of rotatable bonds is 2. The number of alkyl halides is 2. The summed E-state index contributed by atoms with van der Waals surface area (Å²) in [6, 6.07) is 2.59. The van der Waals surface area contributed by atoms with E-state index in [9.17, 15) is 22.4 Å². The van der Waals surface area contributed by atoms with Gasteiger partial charge in [0.1, 0.15) is 22.8 Å². The van der Waals surface area contributed by atoms with E-state index in [1.807, 2.05) is 0 Å². The maximum absolute atomic E-state index is 14.0. The summed E-state index contributed by atoms with van der Waals surface area (Å²) in [6.07, 6.45) is -3.05. The maximum atomic E-state index is 14.0. The minimum Gasteiger partial charge on any atom is -0.293 e. The lowest BCUT2D eigenvalue weighted by atomic mass is 10.1. The Morgan fingerprint density at radius 3 is 2.46 bits per heavy atom. The Morgan fingerprint density at radius 2 is 1.83 bits per heavy atom. The molecule has 0 radical (unpaired) electrons. The van der Waals surface area contributed by atoms with Crippen molar-refractivity contribution >= 4 is 22.6 Å². The van der Waals surface area contributed by atoms with Crippen LogP contribution in [0, 0.1) is 11.6 Å². The number of hydrogen-bond donors (Lipinski definition) is 0. The van der Waals surface area contributed by atoms with E-state index in [2.05, 4.69) is 15.0 Å². The molecule has 1 aromatic carbocycles. The second-order valence-corrected chi connectivity index (χ2v) is 5.14. The normalized spacial score (nSPS) is 11.5. The first-order valence-electron chi connectivity index (χ1n) is 6.47. The molecule has 24 heavy (non-hydrogen) atoms. The lowest BCUT2D eigenvalue weighted by Gasteiger charge is -2.11. The van der Waals surface area contributed by atoms with E-state index in [0.29, 0.717) is 10.6 Å². The second-order valence-electron chi connectivity index (χ2n) is 4.80. The van der Waals surface area contributed by atoms with Crippen molar-refractivity contribution in [2.45, 2.75) is 6.43 Å². The molecule has 0 saturated carbocycles. The second kappa shape index (κ2) is 5.82. The molecule has 0 spiro atoms. The van der Waals surface area contributed by atoms with Crippen LogP contribution < -0.4 is 5.56 Å². The van der Waals surface area contributed by atoms with Gasteiger partial charge in [0.2, 0.25) is 5.28 Å². The predicted molar refractivity (Wildman–Crippen MR) is 77.9 cm³/mol. The molecule has 124 valence electrons. The molecule has 0 bridgehead atoms. The van der Waals surface area contributed by atoms with Crippen molar-refractivity contribution < 1.29 is 17.6 Å². The Kier molecular flexibility index (Phi) is 3.96. The molecule has 0 atom stereocenters. The minimum atomic E-state index is -3.05. The molecule has 3 aromatic rings. The van der Waals surface area contributed by atoms with E-state index in [4.69, 9.17) is 11.6 Å². The van der Waals surface area contributed by atoms with Crippen molar-refractivity contribution in [3.05, 3.63) is 51.3 Å². The van der Waals surface area contributed by atoms with Crippen LogP contribution in [0.2, 0.25) is 5.28 Å². The highest BCUT2D eigenvalue weighted by Crippen LogP contribution is 2.28. The number of aromatic nitrogens is 4. The summed E-state index contributed by atoms with van der Waals surface area (Å²) in [5.74, 6) is -2.67. The van der Waals surface area contributed by atoms with Crippen LogP contribution in [-0.4, -0.2) is 19.5 Å². The predicted octanol–water partition coefficient (Wildman–Crippen LogP) is 3.26. The first-order chi connectivity index (χ1) is 11.3. The Morgan fingerprint density at radius 1 is 1.12 bits per heavy atom. The van der Waals surface area contributed by atoms with Gasteiger partial charge in [0.15, 0.2) is 11.3 Å². The summed E-state index contributed by atoms with van der Waals surface area (Å²) < 4.78 is 53.9. The highest BCUT2D eigenvalue weighted by Gasteiger charge is 2.22. The van der Waals surface area contributed by atoms with Crippen molar-refractivity contribution in [1.82, 2.24) is 19.5 Å². The van der Waals surface area contributed by atoms with E-state index < -0.39 is 34.7 Å². The van der Waals surface area contributed by atoms with Gasteiger partial charge in [0.05, 0.1) is 0 Å². The smallest absolute Gasteiger partial charge is 0.293 e. The standard InChI is InChI=1S/C14H7ClF4N4O/c1-23-12(11(18)19)20-9-8(6-3-2-5(16)4-7(6)17)21-14(15)22-10(9)13(23)24/h2-4,11H,1H3. The van der Waals surface area contributed by atoms with Gasteiger partial charge in [0, 0.05) is 18.7 Å². The number of benzene rings is 1. The molecule has 0 aliphatic carbocycles. The van der Waals surface area contributed by atoms with Crippen LogP contribution in [0.1, 0.15) is 12.2 Å². The van der Waals surface area contributed by atoms with Gasteiger partial charge in [0.25, 0.3) is 12.0 Å². The largest absolute Gasteiger partial charge is 0.295 e. The Bertz CT molecular complexity index is 1020. The van der Waals surface area contributed by atoms with Gasteiger partial charge >= 0.3 is 0 Å². The Labute approximate surface area is 136 Å². The van der Waals surface area contributed by atoms with E-state index in [1.165, 1.54) is 0 Å². The SMILES string of the molecule is Cn1c(C(F)F)nc2c(-c3ccc(F)cc3F)nc(Cl)nc2c1=O. The average molecular weight is 359 g/mol. The third-order valence-electron chi connectivity index (χ3n) is 3.32. The van der Waals surface area contributed by atoms with Gasteiger partial charge in [-0.05, 0) is 23.7 Å². The average Bonchev–Trinajstić information content (AvgIpc) is 2.50. The highest BCUT2D eigenvalue weighted by molar-refractivity contribution is 6.28. The van der Waals surface area contributed by atoms with E-state index in [0.717, 1.165) is 19.2 Å². The molecule has 2 aromatic heterocycles.